The fourth-order valence-corrected chi connectivity index (χ4v) is 4.09. The molecule has 0 saturated carbocycles. The first-order valence-corrected chi connectivity index (χ1v) is 9.60. The molecule has 2 nitrogen and oxygen atoms in total. The van der Waals surface area contributed by atoms with Gasteiger partial charge in [-0.3, -0.25) is 4.79 Å². The van der Waals surface area contributed by atoms with E-state index < -0.39 is 28.8 Å². The van der Waals surface area contributed by atoms with Gasteiger partial charge in [-0.05, 0) is 71.5 Å². The van der Waals surface area contributed by atoms with Crippen molar-refractivity contribution in [3.05, 3.63) is 94.6 Å². The summed E-state index contributed by atoms with van der Waals surface area (Å²) in [7, 11) is 0. The lowest BCUT2D eigenvalue weighted by Crippen LogP contribution is -2.48. The fourth-order valence-electron chi connectivity index (χ4n) is 4.09. The van der Waals surface area contributed by atoms with Gasteiger partial charge in [0.1, 0.15) is 11.6 Å². The minimum Gasteiger partial charge on any atom is -0.351 e. The number of fused-ring (bicyclic) bond motifs is 1. The zero-order valence-corrected chi connectivity index (χ0v) is 16.5. The number of benzene rings is 3. The first-order valence-electron chi connectivity index (χ1n) is 9.60. The number of carbonyl (C=O) groups is 1. The van der Waals surface area contributed by atoms with Crippen LogP contribution >= 0.6 is 0 Å². The SMILES string of the molecule is CC1(Cc2cc(F)cc(F)c2)C(=O)NCc2ccc(-c3cccc(C(F)(F)F)c3)cc21. The summed E-state index contributed by atoms with van der Waals surface area (Å²) < 4.78 is 66.7. The van der Waals surface area contributed by atoms with Gasteiger partial charge in [0.15, 0.2) is 0 Å². The molecule has 4 rings (SSSR count). The lowest BCUT2D eigenvalue weighted by atomic mass is 9.72. The average Bonchev–Trinajstić information content (AvgIpc) is 2.69. The van der Waals surface area contributed by atoms with Gasteiger partial charge in [0.25, 0.3) is 0 Å². The van der Waals surface area contributed by atoms with Gasteiger partial charge in [0, 0.05) is 12.6 Å². The number of rotatable bonds is 3. The van der Waals surface area contributed by atoms with Crippen molar-refractivity contribution in [3.63, 3.8) is 0 Å². The molecule has 0 saturated heterocycles. The number of alkyl halides is 3. The van der Waals surface area contributed by atoms with E-state index in [1.165, 1.54) is 18.2 Å². The Bertz CT molecular complexity index is 1150. The predicted molar refractivity (Wildman–Crippen MR) is 106 cm³/mol. The maximum Gasteiger partial charge on any atom is 0.416 e. The Morgan fingerprint density at radius 1 is 0.935 bits per heavy atom. The van der Waals surface area contributed by atoms with Crippen molar-refractivity contribution in [1.29, 1.82) is 0 Å². The zero-order valence-electron chi connectivity index (χ0n) is 16.5. The third-order valence-corrected chi connectivity index (χ3v) is 5.65. The molecule has 0 fully saturated rings. The van der Waals surface area contributed by atoms with Crippen LogP contribution < -0.4 is 5.32 Å². The lowest BCUT2D eigenvalue weighted by molar-refractivity contribution is -0.137. The van der Waals surface area contributed by atoms with E-state index in [9.17, 15) is 26.7 Å². The Balaban J connectivity index is 1.80. The smallest absolute Gasteiger partial charge is 0.351 e. The van der Waals surface area contributed by atoms with Gasteiger partial charge in [-0.2, -0.15) is 13.2 Å². The normalized spacial score (nSPS) is 18.5. The highest BCUT2D eigenvalue weighted by Crippen LogP contribution is 2.38. The Hall–Kier alpha value is -3.22. The van der Waals surface area contributed by atoms with Gasteiger partial charge >= 0.3 is 6.18 Å². The molecule has 3 aromatic carbocycles. The van der Waals surface area contributed by atoms with Crippen molar-refractivity contribution in [2.75, 3.05) is 0 Å². The van der Waals surface area contributed by atoms with Crippen LogP contribution in [-0.2, 0) is 29.4 Å². The second kappa shape index (κ2) is 7.48. The number of nitrogens with one attached hydrogen (secondary N) is 1. The molecule has 3 aromatic rings. The number of carbonyl (C=O) groups excluding carboxylic acids is 1. The molecule has 1 aliphatic rings. The van der Waals surface area contributed by atoms with Crippen molar-refractivity contribution in [2.24, 2.45) is 0 Å². The molecule has 1 heterocycles. The monoisotopic (exact) mass is 431 g/mol. The maximum absolute atomic E-state index is 13.7. The summed E-state index contributed by atoms with van der Waals surface area (Å²) in [5.41, 5.74) is 0.710. The third kappa shape index (κ3) is 4.04. The van der Waals surface area contributed by atoms with E-state index in [2.05, 4.69) is 5.32 Å². The molecule has 31 heavy (non-hydrogen) atoms. The summed E-state index contributed by atoms with van der Waals surface area (Å²) in [5, 5.41) is 2.79. The molecule has 1 unspecified atom stereocenters. The third-order valence-electron chi connectivity index (χ3n) is 5.65. The van der Waals surface area contributed by atoms with Gasteiger partial charge in [-0.25, -0.2) is 8.78 Å². The highest BCUT2D eigenvalue weighted by Gasteiger charge is 2.40. The molecule has 0 aliphatic carbocycles. The van der Waals surface area contributed by atoms with Crippen LogP contribution in [0.3, 0.4) is 0 Å². The van der Waals surface area contributed by atoms with E-state index in [0.29, 0.717) is 22.3 Å². The largest absolute Gasteiger partial charge is 0.416 e. The van der Waals surface area contributed by atoms with Gasteiger partial charge in [0.2, 0.25) is 5.91 Å². The summed E-state index contributed by atoms with van der Waals surface area (Å²) in [6.45, 7) is 1.93. The van der Waals surface area contributed by atoms with E-state index in [1.807, 2.05) is 0 Å². The van der Waals surface area contributed by atoms with Crippen LogP contribution in [0.4, 0.5) is 22.0 Å². The van der Waals surface area contributed by atoms with Crippen molar-refractivity contribution in [3.8, 4) is 11.1 Å². The highest BCUT2D eigenvalue weighted by atomic mass is 19.4. The topological polar surface area (TPSA) is 29.1 Å². The first kappa shape index (κ1) is 21.0. The van der Waals surface area contributed by atoms with Crippen molar-refractivity contribution >= 4 is 5.91 Å². The molecule has 0 aromatic heterocycles. The summed E-state index contributed by atoms with van der Waals surface area (Å²) >= 11 is 0. The van der Waals surface area contributed by atoms with Crippen LogP contribution in [0.25, 0.3) is 11.1 Å². The van der Waals surface area contributed by atoms with Crippen molar-refractivity contribution in [2.45, 2.75) is 31.5 Å². The maximum atomic E-state index is 13.7. The van der Waals surface area contributed by atoms with Crippen molar-refractivity contribution < 1.29 is 26.7 Å². The lowest BCUT2D eigenvalue weighted by Gasteiger charge is -2.35. The summed E-state index contributed by atoms with van der Waals surface area (Å²) in [6.07, 6.45) is -4.44. The summed E-state index contributed by atoms with van der Waals surface area (Å²) in [6, 6.07) is 13.2. The van der Waals surface area contributed by atoms with Crippen LogP contribution in [0.5, 0.6) is 0 Å². The predicted octanol–water partition coefficient (Wildman–Crippen LogP) is 5.78. The van der Waals surface area contributed by atoms with Crippen LogP contribution in [-0.4, -0.2) is 5.91 Å². The van der Waals surface area contributed by atoms with E-state index in [-0.39, 0.29) is 18.9 Å². The van der Waals surface area contributed by atoms with Crippen molar-refractivity contribution in [1.82, 2.24) is 5.32 Å². The van der Waals surface area contributed by atoms with Crippen LogP contribution in [0.15, 0.2) is 60.7 Å². The molecule has 1 atom stereocenters. The highest BCUT2D eigenvalue weighted by molar-refractivity contribution is 5.90. The Morgan fingerprint density at radius 3 is 2.29 bits per heavy atom. The summed E-state index contributed by atoms with van der Waals surface area (Å²) in [5.74, 6) is -1.80. The van der Waals surface area contributed by atoms with E-state index in [0.717, 1.165) is 23.8 Å². The van der Waals surface area contributed by atoms with Crippen LogP contribution in [0.1, 0.15) is 29.2 Å². The standard InChI is InChI=1S/C24H18F5NO/c1-23(12-14-7-19(25)11-20(26)8-14)21-10-16(5-6-17(21)13-30-22(23)31)15-3-2-4-18(9-15)24(27,28)29/h2-11H,12-13H2,1H3,(H,30,31). The van der Waals surface area contributed by atoms with E-state index >= 15 is 0 Å². The molecule has 1 amide bonds. The molecule has 160 valence electrons. The molecular weight excluding hydrogens is 413 g/mol. The Kier molecular flexibility index (Phi) is 5.07. The second-order valence-corrected chi connectivity index (χ2v) is 7.92. The van der Waals surface area contributed by atoms with Gasteiger partial charge < -0.3 is 5.32 Å². The quantitative estimate of drug-likeness (QED) is 0.524. The Labute approximate surface area is 175 Å². The van der Waals surface area contributed by atoms with E-state index in [1.54, 1.807) is 31.2 Å². The van der Waals surface area contributed by atoms with E-state index in [4.69, 9.17) is 0 Å². The molecule has 0 radical (unpaired) electrons. The number of hydrogen-bond donors (Lipinski definition) is 1. The number of hydrogen-bond acceptors (Lipinski definition) is 1. The minimum atomic E-state index is -4.47. The molecule has 1 aliphatic heterocycles. The van der Waals surface area contributed by atoms with Crippen LogP contribution in [0.2, 0.25) is 0 Å². The average molecular weight is 431 g/mol. The molecule has 7 heteroatoms. The molecule has 0 spiro atoms. The van der Waals surface area contributed by atoms with Crippen LogP contribution in [0, 0.1) is 11.6 Å². The zero-order chi connectivity index (χ0) is 22.4. The minimum absolute atomic E-state index is 0.0343. The number of amides is 1. The molecular formula is C24H18F5NO. The van der Waals surface area contributed by atoms with Gasteiger partial charge in [0.05, 0.1) is 11.0 Å². The number of halogens is 5. The van der Waals surface area contributed by atoms with Gasteiger partial charge in [-0.1, -0.05) is 24.3 Å². The van der Waals surface area contributed by atoms with Gasteiger partial charge in [-0.15, -0.1) is 0 Å². The second-order valence-electron chi connectivity index (χ2n) is 7.92. The fraction of sp³-hybridized carbons (Fsp3) is 0.208. The molecule has 0 bridgehead atoms. The first-order chi connectivity index (χ1) is 14.6. The molecule has 1 N–H and O–H groups in total. The Morgan fingerprint density at radius 2 is 1.61 bits per heavy atom. The summed E-state index contributed by atoms with van der Waals surface area (Å²) in [4.78, 5) is 12.8.